The molecule has 8 nitrogen and oxygen atoms in total. The number of ether oxygens (including phenoxy) is 2. The second-order valence-corrected chi connectivity index (χ2v) is 12.9. The van der Waals surface area contributed by atoms with Gasteiger partial charge in [-0.25, -0.2) is 0 Å². The number of likely N-dealkylation sites (tertiary alicyclic amines) is 1. The Morgan fingerprint density at radius 2 is 1.78 bits per heavy atom. The van der Waals surface area contributed by atoms with Gasteiger partial charge in [0.1, 0.15) is 17.8 Å². The van der Waals surface area contributed by atoms with Crippen molar-refractivity contribution in [3.63, 3.8) is 0 Å². The van der Waals surface area contributed by atoms with Gasteiger partial charge in [-0.1, -0.05) is 33.3 Å². The van der Waals surface area contributed by atoms with Gasteiger partial charge in [0.15, 0.2) is 11.4 Å². The van der Waals surface area contributed by atoms with Gasteiger partial charge in [0.05, 0.1) is 18.1 Å². The third-order valence-electron chi connectivity index (χ3n) is 10.1. The van der Waals surface area contributed by atoms with Crippen LogP contribution in [-0.2, 0) is 19.1 Å². The number of piperidine rings is 1. The Morgan fingerprint density at radius 3 is 2.38 bits per heavy atom. The summed E-state index contributed by atoms with van der Waals surface area (Å²) >= 11 is 0. The van der Waals surface area contributed by atoms with Gasteiger partial charge in [0.25, 0.3) is 0 Å². The van der Waals surface area contributed by atoms with Crippen LogP contribution in [0.25, 0.3) is 0 Å². The zero-order valence-corrected chi connectivity index (χ0v) is 23.8. The highest BCUT2D eigenvalue weighted by molar-refractivity contribution is 5.92. The van der Waals surface area contributed by atoms with Crippen LogP contribution in [0.5, 0.6) is 0 Å². The molecule has 0 unspecified atom stereocenters. The maximum absolute atomic E-state index is 13.8. The molecule has 37 heavy (non-hydrogen) atoms. The Balaban J connectivity index is 0.00000380. The molecule has 2 saturated heterocycles. The third kappa shape index (κ3) is 4.49. The van der Waals surface area contributed by atoms with E-state index in [1.54, 1.807) is 13.8 Å². The van der Waals surface area contributed by atoms with Gasteiger partial charge in [0, 0.05) is 24.3 Å². The summed E-state index contributed by atoms with van der Waals surface area (Å²) in [5.41, 5.74) is -7.10. The molecule has 2 saturated carbocycles. The van der Waals surface area contributed by atoms with E-state index in [1.165, 1.54) is 19.4 Å². The van der Waals surface area contributed by atoms with Crippen LogP contribution in [0, 0.1) is 16.7 Å². The quantitative estimate of drug-likeness (QED) is 0.358. The van der Waals surface area contributed by atoms with Gasteiger partial charge < -0.3 is 29.7 Å². The Labute approximate surface area is 227 Å². The summed E-state index contributed by atoms with van der Waals surface area (Å²) in [6.45, 7) is 15.1. The van der Waals surface area contributed by atoms with Crippen molar-refractivity contribution in [3.8, 4) is 0 Å². The summed E-state index contributed by atoms with van der Waals surface area (Å²) in [5.74, 6) is -1.62. The zero-order valence-electron chi connectivity index (χ0n) is 23.0. The Kier molecular flexibility index (Phi) is 8.39. The van der Waals surface area contributed by atoms with E-state index in [9.17, 15) is 24.9 Å². The van der Waals surface area contributed by atoms with E-state index in [2.05, 4.69) is 11.5 Å². The van der Waals surface area contributed by atoms with Crippen molar-refractivity contribution in [2.45, 2.75) is 115 Å². The smallest absolute Gasteiger partial charge is 0.307 e. The number of fused-ring (bicyclic) bond motifs is 3. The molecule has 0 amide bonds. The van der Waals surface area contributed by atoms with Crippen molar-refractivity contribution in [3.05, 3.63) is 12.7 Å². The lowest BCUT2D eigenvalue weighted by Crippen LogP contribution is -2.86. The van der Waals surface area contributed by atoms with E-state index in [0.717, 1.165) is 25.9 Å². The van der Waals surface area contributed by atoms with Crippen molar-refractivity contribution in [1.82, 2.24) is 4.90 Å². The number of carbonyl (C=O) groups excluding carboxylic acids is 2. The molecule has 9 heteroatoms. The fraction of sp³-hybridized carbons (Fsp3) is 0.857. The highest BCUT2D eigenvalue weighted by Crippen LogP contribution is 2.67. The van der Waals surface area contributed by atoms with E-state index >= 15 is 0 Å². The molecule has 2 aliphatic heterocycles. The summed E-state index contributed by atoms with van der Waals surface area (Å²) < 4.78 is 12.4. The number of rotatable bonds is 5. The Hall–Kier alpha value is -1.03. The highest BCUT2D eigenvalue weighted by atomic mass is 35.5. The average Bonchev–Trinajstić information content (AvgIpc) is 2.82. The standard InChI is InChI=1S/C28H45NO7.ClH/c1-7-25(4)17-19(31)28(34)26(5)18(30)11-13-24(2,3)22(26)21(23(33)27(28,6)36-25)35-20(32)12-16-29-14-9-8-10-15-29;/h7,18,21-23,30,33-34H,1,8-17H2,2-6H3;1H/t18-,21-,22-,23-,25-,26-,27+,28-;/m0./s1. The van der Waals surface area contributed by atoms with Gasteiger partial charge in [-0.15, -0.1) is 19.0 Å². The second-order valence-electron chi connectivity index (χ2n) is 12.9. The molecule has 0 bridgehead atoms. The minimum Gasteiger partial charge on any atom is -0.459 e. The van der Waals surface area contributed by atoms with Gasteiger partial charge >= 0.3 is 5.97 Å². The van der Waals surface area contributed by atoms with Crippen LogP contribution in [0.15, 0.2) is 12.7 Å². The van der Waals surface area contributed by atoms with Gasteiger partial charge in [-0.05, 0) is 58.0 Å². The summed E-state index contributed by atoms with van der Waals surface area (Å²) in [4.78, 5) is 29.2. The molecule has 212 valence electrons. The van der Waals surface area contributed by atoms with Crippen LogP contribution in [0.2, 0.25) is 0 Å². The van der Waals surface area contributed by atoms with Crippen LogP contribution in [0.1, 0.15) is 79.6 Å². The molecule has 2 aliphatic carbocycles. The van der Waals surface area contributed by atoms with Gasteiger partial charge in [-0.3, -0.25) is 9.59 Å². The summed E-state index contributed by atoms with van der Waals surface area (Å²) in [6.07, 6.45) is 2.33. The molecule has 0 radical (unpaired) electrons. The first-order chi connectivity index (χ1) is 16.7. The number of aliphatic hydroxyl groups is 3. The first-order valence-corrected chi connectivity index (χ1v) is 13.5. The van der Waals surface area contributed by atoms with Gasteiger partial charge in [-0.2, -0.15) is 0 Å². The van der Waals surface area contributed by atoms with Crippen LogP contribution in [-0.4, -0.2) is 86.7 Å². The number of aliphatic hydroxyl groups excluding tert-OH is 2. The Bertz CT molecular complexity index is 907. The van der Waals surface area contributed by atoms with Crippen LogP contribution in [0.3, 0.4) is 0 Å². The van der Waals surface area contributed by atoms with Crippen LogP contribution in [0.4, 0.5) is 0 Å². The maximum atomic E-state index is 13.8. The first kappa shape index (κ1) is 30.5. The Morgan fingerprint density at radius 1 is 1.16 bits per heavy atom. The topological polar surface area (TPSA) is 117 Å². The number of nitrogens with zero attached hydrogens (tertiary/aromatic N) is 1. The summed E-state index contributed by atoms with van der Waals surface area (Å²) in [7, 11) is 0. The number of esters is 1. The number of halogens is 1. The SMILES string of the molecule is C=C[C@@]1(C)CC(=O)[C@]2(O)[C@@]3(C)[C@@H](O)CCC(C)(C)[C@@H]3[C@H](OC(=O)CCN3CCCCC3)[C@H](O)[C@@]2(C)O1.Cl. The predicted molar refractivity (Wildman–Crippen MR) is 141 cm³/mol. The number of hydrogen-bond donors (Lipinski definition) is 3. The van der Waals surface area contributed by atoms with Gasteiger partial charge in [0.2, 0.25) is 0 Å². The monoisotopic (exact) mass is 543 g/mol. The minimum atomic E-state index is -2.19. The van der Waals surface area contributed by atoms with Crippen molar-refractivity contribution >= 4 is 24.2 Å². The van der Waals surface area contributed by atoms with E-state index in [1.807, 2.05) is 13.8 Å². The molecule has 4 aliphatic rings. The first-order valence-electron chi connectivity index (χ1n) is 13.5. The maximum Gasteiger partial charge on any atom is 0.307 e. The molecule has 0 aromatic rings. The molecule has 8 atom stereocenters. The zero-order chi connectivity index (χ0) is 26.7. The summed E-state index contributed by atoms with van der Waals surface area (Å²) in [5, 5.41) is 35.6. The molecule has 4 fully saturated rings. The molecule has 3 N–H and O–H groups in total. The lowest BCUT2D eigenvalue weighted by Gasteiger charge is -2.71. The second kappa shape index (κ2) is 10.2. The fourth-order valence-corrected chi connectivity index (χ4v) is 8.05. The van der Waals surface area contributed by atoms with Crippen molar-refractivity contribution in [2.24, 2.45) is 16.7 Å². The van der Waals surface area contributed by atoms with E-state index in [-0.39, 0.29) is 25.2 Å². The largest absolute Gasteiger partial charge is 0.459 e. The molecule has 4 rings (SSSR count). The lowest BCUT2D eigenvalue weighted by atomic mass is 9.40. The molecule has 0 aromatic heterocycles. The number of Topliss-reactive ketones (excluding diaryl/α,β-unsaturated/α-hetero) is 1. The normalized spacial score (nSPS) is 45.7. The fourth-order valence-electron chi connectivity index (χ4n) is 8.05. The molecule has 2 heterocycles. The van der Waals surface area contributed by atoms with Crippen molar-refractivity contribution in [2.75, 3.05) is 19.6 Å². The average molecular weight is 544 g/mol. The highest BCUT2D eigenvalue weighted by Gasteiger charge is 2.81. The molecular formula is C28H46ClNO7. The number of hydrogen-bond acceptors (Lipinski definition) is 8. The molecule has 0 aromatic carbocycles. The summed E-state index contributed by atoms with van der Waals surface area (Å²) in [6, 6.07) is 0. The number of ketones is 1. The lowest BCUT2D eigenvalue weighted by molar-refractivity contribution is -0.370. The van der Waals surface area contributed by atoms with Crippen molar-refractivity contribution < 1.29 is 34.4 Å². The third-order valence-corrected chi connectivity index (χ3v) is 10.1. The van der Waals surface area contributed by atoms with E-state index in [0.29, 0.717) is 19.4 Å². The predicted octanol–water partition coefficient (Wildman–Crippen LogP) is 2.80. The number of carbonyl (C=O) groups is 2. The van der Waals surface area contributed by atoms with E-state index < -0.39 is 63.6 Å². The van der Waals surface area contributed by atoms with E-state index in [4.69, 9.17) is 9.47 Å². The molecular weight excluding hydrogens is 498 g/mol. The van der Waals surface area contributed by atoms with Crippen molar-refractivity contribution in [1.29, 1.82) is 0 Å². The molecule has 0 spiro atoms. The van der Waals surface area contributed by atoms with Crippen LogP contribution >= 0.6 is 12.4 Å². The minimum absolute atomic E-state index is 0. The van der Waals surface area contributed by atoms with Crippen LogP contribution < -0.4 is 0 Å².